The lowest BCUT2D eigenvalue weighted by Gasteiger charge is -2.20. The van der Waals surface area contributed by atoms with Crippen molar-refractivity contribution in [1.29, 1.82) is 0 Å². The normalized spacial score (nSPS) is 10.8. The molecule has 0 aromatic carbocycles. The first-order valence-electron chi connectivity index (χ1n) is 5.98. The van der Waals surface area contributed by atoms with Crippen molar-refractivity contribution in [2.75, 3.05) is 11.9 Å². The van der Waals surface area contributed by atoms with Crippen molar-refractivity contribution >= 4 is 44.7 Å². The minimum atomic E-state index is 0.542. The minimum absolute atomic E-state index is 0.542. The van der Waals surface area contributed by atoms with Gasteiger partial charge in [-0.3, -0.25) is 0 Å². The Labute approximate surface area is 130 Å². The van der Waals surface area contributed by atoms with Gasteiger partial charge in [-0.15, -0.1) is 11.3 Å². The first-order valence-corrected chi connectivity index (χ1v) is 8.03. The number of anilines is 1. The molecule has 2 heterocycles. The van der Waals surface area contributed by atoms with Crippen molar-refractivity contribution in [2.45, 2.75) is 26.8 Å². The summed E-state index contributed by atoms with van der Waals surface area (Å²) in [6.07, 6.45) is 0.783. The summed E-state index contributed by atoms with van der Waals surface area (Å²) in [5.41, 5.74) is 2.18. The molecule has 0 radical (unpaired) electrons. The van der Waals surface area contributed by atoms with Gasteiger partial charge in [0.05, 0.1) is 3.79 Å². The van der Waals surface area contributed by atoms with Crippen molar-refractivity contribution in [1.82, 2.24) is 9.97 Å². The van der Waals surface area contributed by atoms with Gasteiger partial charge in [-0.1, -0.05) is 18.5 Å². The van der Waals surface area contributed by atoms with E-state index in [2.05, 4.69) is 42.2 Å². The highest BCUT2D eigenvalue weighted by Crippen LogP contribution is 2.26. The highest BCUT2D eigenvalue weighted by Gasteiger charge is 2.13. The molecule has 0 N–H and O–H groups in total. The van der Waals surface area contributed by atoms with Gasteiger partial charge in [0.25, 0.3) is 0 Å². The van der Waals surface area contributed by atoms with Gasteiger partial charge in [0.2, 0.25) is 0 Å². The van der Waals surface area contributed by atoms with Crippen LogP contribution in [0.4, 0.5) is 5.82 Å². The molecule has 0 amide bonds. The number of thiophene rings is 1. The molecule has 2 rings (SSSR count). The van der Waals surface area contributed by atoms with E-state index in [1.54, 1.807) is 11.3 Å². The topological polar surface area (TPSA) is 29.0 Å². The van der Waals surface area contributed by atoms with Crippen LogP contribution in [0.3, 0.4) is 0 Å². The van der Waals surface area contributed by atoms with E-state index >= 15 is 0 Å². The molecule has 3 nitrogen and oxygen atoms in total. The average molecular weight is 361 g/mol. The fraction of sp³-hybridized carbons (Fsp3) is 0.385. The molecule has 0 atom stereocenters. The van der Waals surface area contributed by atoms with E-state index in [4.69, 9.17) is 11.6 Å². The largest absolute Gasteiger partial charge is 0.355 e. The zero-order valence-corrected chi connectivity index (χ0v) is 14.2. The molecule has 0 aliphatic carbocycles. The summed E-state index contributed by atoms with van der Waals surface area (Å²) in [6.45, 7) is 4.79. The van der Waals surface area contributed by atoms with Crippen LogP contribution >= 0.6 is 38.9 Å². The lowest BCUT2D eigenvalue weighted by molar-refractivity contribution is 0.851. The van der Waals surface area contributed by atoms with Crippen molar-refractivity contribution in [3.05, 3.63) is 37.3 Å². The zero-order valence-electron chi connectivity index (χ0n) is 11.1. The number of nitrogens with zero attached hydrogens (tertiary/aromatic N) is 3. The van der Waals surface area contributed by atoms with Crippen LogP contribution in [0.1, 0.15) is 23.9 Å². The summed E-state index contributed by atoms with van der Waals surface area (Å²) in [4.78, 5) is 11.0. The summed E-state index contributed by atoms with van der Waals surface area (Å²) in [6, 6.07) is 2.13. The zero-order chi connectivity index (χ0) is 14.0. The second kappa shape index (κ2) is 6.20. The maximum Gasteiger partial charge on any atom is 0.137 e. The quantitative estimate of drug-likeness (QED) is 0.754. The van der Waals surface area contributed by atoms with Crippen molar-refractivity contribution in [3.63, 3.8) is 0 Å². The van der Waals surface area contributed by atoms with E-state index in [9.17, 15) is 0 Å². The van der Waals surface area contributed by atoms with E-state index in [0.29, 0.717) is 5.15 Å². The van der Waals surface area contributed by atoms with Crippen molar-refractivity contribution < 1.29 is 0 Å². The van der Waals surface area contributed by atoms with Gasteiger partial charge in [0.1, 0.15) is 16.8 Å². The van der Waals surface area contributed by atoms with Gasteiger partial charge in [-0.05, 0) is 39.9 Å². The SMILES string of the molecule is CCc1nc(Cl)c(C)c(N(C)Cc2csc(Br)c2)n1. The standard InChI is InChI=1S/C13H15BrClN3S/c1-4-11-16-12(15)8(2)13(17-11)18(3)6-9-5-10(14)19-7-9/h5,7H,4,6H2,1-3H3. The summed E-state index contributed by atoms with van der Waals surface area (Å²) in [5, 5.41) is 2.68. The van der Waals surface area contributed by atoms with Gasteiger partial charge in [-0.2, -0.15) is 0 Å². The van der Waals surface area contributed by atoms with Crippen LogP contribution in [-0.4, -0.2) is 17.0 Å². The lowest BCUT2D eigenvalue weighted by atomic mass is 10.2. The summed E-state index contributed by atoms with van der Waals surface area (Å²) >= 11 is 11.3. The van der Waals surface area contributed by atoms with Crippen molar-refractivity contribution in [2.24, 2.45) is 0 Å². The molecule has 0 bridgehead atoms. The molecule has 0 saturated carbocycles. The average Bonchev–Trinajstić information content (AvgIpc) is 2.77. The Balaban J connectivity index is 2.27. The van der Waals surface area contributed by atoms with E-state index in [1.807, 2.05) is 20.9 Å². The third kappa shape index (κ3) is 3.46. The molecule has 0 fully saturated rings. The van der Waals surface area contributed by atoms with E-state index < -0.39 is 0 Å². The van der Waals surface area contributed by atoms with E-state index in [1.165, 1.54) is 5.56 Å². The van der Waals surface area contributed by atoms with E-state index in [0.717, 1.165) is 34.0 Å². The Kier molecular flexibility index (Phi) is 4.81. The van der Waals surface area contributed by atoms with Crippen LogP contribution in [0, 0.1) is 6.92 Å². The summed E-state index contributed by atoms with van der Waals surface area (Å²) < 4.78 is 1.14. The summed E-state index contributed by atoms with van der Waals surface area (Å²) in [7, 11) is 2.02. The van der Waals surface area contributed by atoms with Crippen LogP contribution in [0.25, 0.3) is 0 Å². The van der Waals surface area contributed by atoms with Crippen LogP contribution in [0.15, 0.2) is 15.2 Å². The number of hydrogen-bond donors (Lipinski definition) is 0. The first-order chi connectivity index (χ1) is 9.01. The van der Waals surface area contributed by atoms with Gasteiger partial charge in [0.15, 0.2) is 0 Å². The Hall–Kier alpha value is -0.650. The highest BCUT2D eigenvalue weighted by molar-refractivity contribution is 9.11. The van der Waals surface area contributed by atoms with Gasteiger partial charge in [-0.25, -0.2) is 9.97 Å². The molecule has 0 unspecified atom stereocenters. The second-order valence-electron chi connectivity index (χ2n) is 4.35. The van der Waals surface area contributed by atoms with Crippen LogP contribution in [0.2, 0.25) is 5.15 Å². The van der Waals surface area contributed by atoms with Gasteiger partial charge >= 0.3 is 0 Å². The number of halogens is 2. The van der Waals surface area contributed by atoms with Crippen molar-refractivity contribution in [3.8, 4) is 0 Å². The maximum atomic E-state index is 6.17. The number of hydrogen-bond acceptors (Lipinski definition) is 4. The Morgan fingerprint density at radius 2 is 2.16 bits per heavy atom. The van der Waals surface area contributed by atoms with Crippen LogP contribution in [-0.2, 0) is 13.0 Å². The molecule has 0 aliphatic rings. The third-order valence-corrected chi connectivity index (χ3v) is 4.75. The van der Waals surface area contributed by atoms with Gasteiger partial charge < -0.3 is 4.90 Å². The maximum absolute atomic E-state index is 6.17. The molecular weight excluding hydrogens is 346 g/mol. The number of aromatic nitrogens is 2. The number of rotatable bonds is 4. The van der Waals surface area contributed by atoms with E-state index in [-0.39, 0.29) is 0 Å². The molecule has 102 valence electrons. The monoisotopic (exact) mass is 359 g/mol. The molecular formula is C13H15BrClN3S. The smallest absolute Gasteiger partial charge is 0.137 e. The third-order valence-electron chi connectivity index (χ3n) is 2.83. The fourth-order valence-electron chi connectivity index (χ4n) is 1.83. The number of aryl methyl sites for hydroxylation is 1. The second-order valence-corrected chi connectivity index (χ2v) is 7.00. The molecule has 2 aromatic heterocycles. The Morgan fingerprint density at radius 3 is 2.74 bits per heavy atom. The molecule has 19 heavy (non-hydrogen) atoms. The van der Waals surface area contributed by atoms with Crippen LogP contribution in [0.5, 0.6) is 0 Å². The Bertz CT molecular complexity index is 585. The first kappa shape index (κ1) is 14.8. The lowest BCUT2D eigenvalue weighted by Crippen LogP contribution is -2.19. The van der Waals surface area contributed by atoms with Crippen LogP contribution < -0.4 is 4.90 Å². The minimum Gasteiger partial charge on any atom is -0.355 e. The summed E-state index contributed by atoms with van der Waals surface area (Å²) in [5.74, 6) is 1.68. The fourth-order valence-corrected chi connectivity index (χ4v) is 3.21. The molecule has 6 heteroatoms. The molecule has 0 aliphatic heterocycles. The van der Waals surface area contributed by atoms with Gasteiger partial charge in [0, 0.05) is 25.6 Å². The molecule has 0 saturated heterocycles. The predicted molar refractivity (Wildman–Crippen MR) is 85.3 cm³/mol. The highest BCUT2D eigenvalue weighted by atomic mass is 79.9. The molecule has 2 aromatic rings. The Morgan fingerprint density at radius 1 is 1.42 bits per heavy atom. The predicted octanol–water partition coefficient (Wildman–Crippen LogP) is 4.46. The molecule has 0 spiro atoms.